The molecule has 8 heteroatoms. The topological polar surface area (TPSA) is 59.8 Å². The van der Waals surface area contributed by atoms with Crippen molar-refractivity contribution in [3.8, 4) is 5.69 Å². The van der Waals surface area contributed by atoms with E-state index in [1.807, 2.05) is 0 Å². The zero-order valence-electron chi connectivity index (χ0n) is 12.4. The molecule has 5 nitrogen and oxygen atoms in total. The van der Waals surface area contributed by atoms with Crippen LogP contribution in [0.4, 0.5) is 18.9 Å². The number of carbonyl (C=O) groups excluding carboxylic acids is 1. The van der Waals surface area contributed by atoms with Crippen LogP contribution < -0.4 is 5.32 Å². The third kappa shape index (κ3) is 3.12. The largest absolute Gasteiger partial charge is 0.317 e. The summed E-state index contributed by atoms with van der Waals surface area (Å²) in [7, 11) is 0. The highest BCUT2D eigenvalue weighted by molar-refractivity contribution is 6.01. The number of aromatic nitrogens is 3. The minimum Gasteiger partial charge on any atom is -0.317 e. The van der Waals surface area contributed by atoms with Crippen molar-refractivity contribution in [1.29, 1.82) is 0 Å². The van der Waals surface area contributed by atoms with Gasteiger partial charge in [0, 0.05) is 6.07 Å². The number of benzene rings is 2. The van der Waals surface area contributed by atoms with Crippen LogP contribution in [0.1, 0.15) is 16.4 Å². The van der Waals surface area contributed by atoms with Gasteiger partial charge in [0.25, 0.3) is 5.91 Å². The molecule has 0 aliphatic carbocycles. The highest BCUT2D eigenvalue weighted by Gasteiger charge is 2.17. The first kappa shape index (κ1) is 15.7. The molecule has 2 aromatic carbocycles. The molecule has 0 fully saturated rings. The van der Waals surface area contributed by atoms with Crippen molar-refractivity contribution >= 4 is 11.6 Å². The number of aryl methyl sites for hydroxylation is 1. The van der Waals surface area contributed by atoms with Crippen molar-refractivity contribution in [3.05, 3.63) is 71.6 Å². The quantitative estimate of drug-likeness (QED) is 0.801. The molecule has 0 saturated carbocycles. The number of nitrogens with one attached hydrogen (secondary N) is 1. The second-order valence-corrected chi connectivity index (χ2v) is 4.95. The van der Waals surface area contributed by atoms with E-state index in [1.165, 1.54) is 28.9 Å². The number of nitrogens with zero attached hydrogens (tertiary/aromatic N) is 3. The van der Waals surface area contributed by atoms with E-state index >= 15 is 0 Å². The van der Waals surface area contributed by atoms with Gasteiger partial charge in [-0.2, -0.15) is 0 Å². The fourth-order valence-electron chi connectivity index (χ4n) is 2.08. The molecule has 1 N–H and O–H groups in total. The third-order valence-corrected chi connectivity index (χ3v) is 3.22. The monoisotopic (exact) mass is 332 g/mol. The van der Waals surface area contributed by atoms with Crippen molar-refractivity contribution < 1.29 is 18.0 Å². The number of hydrogen-bond donors (Lipinski definition) is 1. The molecule has 0 saturated heterocycles. The van der Waals surface area contributed by atoms with E-state index in [4.69, 9.17) is 0 Å². The van der Waals surface area contributed by atoms with Gasteiger partial charge >= 0.3 is 0 Å². The van der Waals surface area contributed by atoms with Gasteiger partial charge in [-0.3, -0.25) is 4.79 Å². The fourth-order valence-corrected chi connectivity index (χ4v) is 2.08. The van der Waals surface area contributed by atoms with Gasteiger partial charge < -0.3 is 5.32 Å². The van der Waals surface area contributed by atoms with Gasteiger partial charge in [-0.1, -0.05) is 0 Å². The highest BCUT2D eigenvalue weighted by atomic mass is 19.1. The predicted octanol–water partition coefficient (Wildman–Crippen LogP) is 3.25. The third-order valence-electron chi connectivity index (χ3n) is 3.22. The maximum Gasteiger partial charge on any atom is 0.295 e. The highest BCUT2D eigenvalue weighted by Crippen LogP contribution is 2.16. The fraction of sp³-hybridized carbons (Fsp3) is 0.0625. The molecule has 1 heterocycles. The summed E-state index contributed by atoms with van der Waals surface area (Å²) in [4.78, 5) is 16.1. The molecule has 0 unspecified atom stereocenters. The average molecular weight is 332 g/mol. The maximum absolute atomic E-state index is 13.6. The second kappa shape index (κ2) is 6.15. The molecule has 0 aliphatic rings. The van der Waals surface area contributed by atoms with E-state index in [-0.39, 0.29) is 11.5 Å². The lowest BCUT2D eigenvalue weighted by atomic mass is 10.3. The number of amides is 1. The number of carbonyl (C=O) groups is 1. The van der Waals surface area contributed by atoms with Crippen molar-refractivity contribution in [3.63, 3.8) is 0 Å². The van der Waals surface area contributed by atoms with Gasteiger partial charge in [-0.15, -0.1) is 5.10 Å². The van der Waals surface area contributed by atoms with E-state index in [0.29, 0.717) is 17.6 Å². The summed E-state index contributed by atoms with van der Waals surface area (Å²) >= 11 is 0. The summed E-state index contributed by atoms with van der Waals surface area (Å²) in [5, 5.41) is 6.30. The van der Waals surface area contributed by atoms with Gasteiger partial charge in [-0.05, 0) is 43.3 Å². The Bertz CT molecular complexity index is 906. The lowest BCUT2D eigenvalue weighted by Crippen LogP contribution is -2.15. The minimum absolute atomic E-state index is 0.183. The normalized spacial score (nSPS) is 10.7. The standard InChI is InChI=1S/C16H11F3N4O/c1-9-20-15(22-23(9)12-5-2-10(17)3-6-12)16(24)21-14-7-4-11(18)8-13(14)19/h2-8H,1H3,(H,21,24). The van der Waals surface area contributed by atoms with Crippen LogP contribution in [0.15, 0.2) is 42.5 Å². The average Bonchev–Trinajstić information content (AvgIpc) is 2.93. The molecular weight excluding hydrogens is 321 g/mol. The smallest absolute Gasteiger partial charge is 0.295 e. The molecule has 1 amide bonds. The molecular formula is C16H11F3N4O. The zero-order chi connectivity index (χ0) is 17.3. The van der Waals surface area contributed by atoms with Gasteiger partial charge in [0.15, 0.2) is 0 Å². The number of anilines is 1. The van der Waals surface area contributed by atoms with Gasteiger partial charge in [0.2, 0.25) is 5.82 Å². The number of hydrogen-bond acceptors (Lipinski definition) is 3. The van der Waals surface area contributed by atoms with Gasteiger partial charge in [0.05, 0.1) is 11.4 Å². The van der Waals surface area contributed by atoms with Crippen LogP contribution in [0, 0.1) is 24.4 Å². The van der Waals surface area contributed by atoms with Crippen LogP contribution in [-0.2, 0) is 0 Å². The summed E-state index contributed by atoms with van der Waals surface area (Å²) in [5.74, 6) is -2.60. The Morgan fingerprint density at radius 2 is 1.71 bits per heavy atom. The van der Waals surface area contributed by atoms with Crippen molar-refractivity contribution in [2.24, 2.45) is 0 Å². The van der Waals surface area contributed by atoms with Crippen LogP contribution >= 0.6 is 0 Å². The molecule has 0 aliphatic heterocycles. The Morgan fingerprint density at radius 1 is 1.04 bits per heavy atom. The second-order valence-electron chi connectivity index (χ2n) is 4.95. The van der Waals surface area contributed by atoms with Gasteiger partial charge in [0.1, 0.15) is 23.3 Å². The molecule has 0 atom stereocenters. The molecule has 0 spiro atoms. The van der Waals surface area contributed by atoms with Crippen LogP contribution in [-0.4, -0.2) is 20.7 Å². The molecule has 24 heavy (non-hydrogen) atoms. The van der Waals surface area contributed by atoms with Crippen LogP contribution in [0.25, 0.3) is 5.69 Å². The summed E-state index contributed by atoms with van der Waals surface area (Å²) in [5.41, 5.74) is 0.339. The first-order chi connectivity index (χ1) is 11.4. The Kier molecular flexibility index (Phi) is 4.03. The van der Waals surface area contributed by atoms with E-state index in [1.54, 1.807) is 6.92 Å². The Balaban J connectivity index is 1.86. The Labute approximate surface area is 134 Å². The molecule has 0 radical (unpaired) electrons. The van der Waals surface area contributed by atoms with E-state index in [0.717, 1.165) is 12.1 Å². The van der Waals surface area contributed by atoms with Gasteiger partial charge in [-0.25, -0.2) is 22.8 Å². The molecule has 1 aromatic heterocycles. The Morgan fingerprint density at radius 3 is 2.38 bits per heavy atom. The summed E-state index contributed by atoms with van der Waals surface area (Å²) < 4.78 is 40.8. The molecule has 122 valence electrons. The minimum atomic E-state index is -0.905. The Hall–Kier alpha value is -3.16. The number of halogens is 3. The lowest BCUT2D eigenvalue weighted by Gasteiger charge is -2.04. The number of rotatable bonds is 3. The summed E-state index contributed by atoms with van der Waals surface area (Å²) in [6.45, 7) is 1.62. The summed E-state index contributed by atoms with van der Waals surface area (Å²) in [6, 6.07) is 8.26. The zero-order valence-corrected chi connectivity index (χ0v) is 12.4. The lowest BCUT2D eigenvalue weighted by molar-refractivity contribution is 0.101. The first-order valence-corrected chi connectivity index (χ1v) is 6.90. The van der Waals surface area contributed by atoms with Crippen LogP contribution in [0.5, 0.6) is 0 Å². The maximum atomic E-state index is 13.6. The molecule has 3 rings (SSSR count). The summed E-state index contributed by atoms with van der Waals surface area (Å²) in [6.07, 6.45) is 0. The SMILES string of the molecule is Cc1nc(C(=O)Nc2ccc(F)cc2F)nn1-c1ccc(F)cc1. The van der Waals surface area contributed by atoms with Crippen LogP contribution in [0.3, 0.4) is 0 Å². The van der Waals surface area contributed by atoms with Crippen molar-refractivity contribution in [2.75, 3.05) is 5.32 Å². The van der Waals surface area contributed by atoms with Crippen molar-refractivity contribution in [1.82, 2.24) is 14.8 Å². The first-order valence-electron chi connectivity index (χ1n) is 6.90. The van der Waals surface area contributed by atoms with E-state index in [9.17, 15) is 18.0 Å². The predicted molar refractivity (Wildman–Crippen MR) is 80.4 cm³/mol. The van der Waals surface area contributed by atoms with Crippen molar-refractivity contribution in [2.45, 2.75) is 6.92 Å². The van der Waals surface area contributed by atoms with E-state index in [2.05, 4.69) is 15.4 Å². The molecule has 0 bridgehead atoms. The van der Waals surface area contributed by atoms with Crippen LogP contribution in [0.2, 0.25) is 0 Å². The molecule has 3 aromatic rings. The van der Waals surface area contributed by atoms with E-state index < -0.39 is 23.4 Å².